The molecule has 2 aliphatic heterocycles. The van der Waals surface area contributed by atoms with Crippen LogP contribution in [-0.4, -0.2) is 47.8 Å². The second kappa shape index (κ2) is 10.6. The summed E-state index contributed by atoms with van der Waals surface area (Å²) < 4.78 is 19.4. The van der Waals surface area contributed by atoms with E-state index in [-0.39, 0.29) is 18.3 Å². The molecule has 0 spiro atoms. The number of hydrogen-bond donors (Lipinski definition) is 3. The fourth-order valence-corrected chi connectivity index (χ4v) is 3.89. The molecule has 1 aromatic carbocycles. The summed E-state index contributed by atoms with van der Waals surface area (Å²) in [6, 6.07) is 12.5. The highest BCUT2D eigenvalue weighted by molar-refractivity contribution is 5.59. The molecule has 11 heteroatoms. The molecule has 10 nitrogen and oxygen atoms in total. The fraction of sp³-hybridized carbons (Fsp3) is 0.348. The van der Waals surface area contributed by atoms with Crippen molar-refractivity contribution in [3.8, 4) is 0 Å². The van der Waals surface area contributed by atoms with Gasteiger partial charge in [-0.15, -0.1) is 5.11 Å². The number of nitrogens with one attached hydrogen (secondary N) is 3. The van der Waals surface area contributed by atoms with E-state index in [1.807, 2.05) is 29.2 Å². The molecule has 0 saturated carbocycles. The molecule has 3 N–H and O–H groups in total. The zero-order valence-corrected chi connectivity index (χ0v) is 18.6. The number of morpholine rings is 1. The van der Waals surface area contributed by atoms with Gasteiger partial charge >= 0.3 is 0 Å². The van der Waals surface area contributed by atoms with Crippen LogP contribution in [0.2, 0.25) is 0 Å². The molecule has 0 radical (unpaired) electrons. The van der Waals surface area contributed by atoms with Crippen LogP contribution in [-0.2, 0) is 11.3 Å². The molecule has 0 aliphatic carbocycles. The van der Waals surface area contributed by atoms with Gasteiger partial charge < -0.3 is 15.0 Å². The highest BCUT2D eigenvalue weighted by Crippen LogP contribution is 2.24. The van der Waals surface area contributed by atoms with Crippen LogP contribution in [0.5, 0.6) is 0 Å². The predicted octanol–water partition coefficient (Wildman–Crippen LogP) is 3.41. The molecule has 34 heavy (non-hydrogen) atoms. The van der Waals surface area contributed by atoms with E-state index in [1.54, 1.807) is 6.20 Å². The van der Waals surface area contributed by atoms with Crippen LogP contribution >= 0.6 is 0 Å². The van der Waals surface area contributed by atoms with E-state index in [0.717, 1.165) is 36.2 Å². The Morgan fingerprint density at radius 1 is 1.12 bits per heavy atom. The van der Waals surface area contributed by atoms with Crippen molar-refractivity contribution in [2.75, 3.05) is 43.1 Å². The highest BCUT2D eigenvalue weighted by atomic mass is 19.1. The first-order chi connectivity index (χ1) is 16.7. The Hall–Kier alpha value is -3.54. The van der Waals surface area contributed by atoms with E-state index in [9.17, 15) is 4.39 Å². The molecule has 1 unspecified atom stereocenters. The van der Waals surface area contributed by atoms with Gasteiger partial charge in [-0.2, -0.15) is 10.1 Å². The van der Waals surface area contributed by atoms with Crippen molar-refractivity contribution in [3.63, 3.8) is 0 Å². The maximum Gasteiger partial charge on any atom is 0.270 e. The summed E-state index contributed by atoms with van der Waals surface area (Å²) in [5, 5.41) is 11.6. The summed E-state index contributed by atoms with van der Waals surface area (Å²) in [6.07, 6.45) is 3.95. The number of halogens is 1. The van der Waals surface area contributed by atoms with Crippen molar-refractivity contribution < 1.29 is 9.13 Å². The zero-order valence-electron chi connectivity index (χ0n) is 18.6. The lowest BCUT2D eigenvalue weighted by molar-refractivity contribution is 0.122. The van der Waals surface area contributed by atoms with Gasteiger partial charge in [-0.3, -0.25) is 15.8 Å². The Labute approximate surface area is 196 Å². The van der Waals surface area contributed by atoms with Gasteiger partial charge in [0.25, 0.3) is 5.95 Å². The summed E-state index contributed by atoms with van der Waals surface area (Å²) in [6.45, 7) is 3.47. The number of aromatic nitrogens is 3. The van der Waals surface area contributed by atoms with E-state index in [2.05, 4.69) is 53.5 Å². The molecular weight excluding hydrogens is 437 g/mol. The Morgan fingerprint density at radius 2 is 2.03 bits per heavy atom. The van der Waals surface area contributed by atoms with Gasteiger partial charge in [-0.05, 0) is 36.2 Å². The average Bonchev–Trinajstić information content (AvgIpc) is 3.42. The smallest absolute Gasteiger partial charge is 0.270 e. The fourth-order valence-electron chi connectivity index (χ4n) is 3.89. The van der Waals surface area contributed by atoms with Crippen LogP contribution in [0.4, 0.5) is 27.5 Å². The molecule has 2 aromatic heterocycles. The summed E-state index contributed by atoms with van der Waals surface area (Å²) in [5.74, 6) is -0.134. The SMILES string of the molecule is Fc1cnc(N=NCc2ccc(Nc3cccc(C4CCNN4)c3)cn2)nc1N1CCOCC1. The van der Waals surface area contributed by atoms with Crippen molar-refractivity contribution in [1.82, 2.24) is 25.8 Å². The number of hydrogen-bond acceptors (Lipinski definition) is 10. The van der Waals surface area contributed by atoms with Crippen LogP contribution in [0, 0.1) is 5.82 Å². The second-order valence-corrected chi connectivity index (χ2v) is 8.04. The molecule has 3 aromatic rings. The molecule has 0 amide bonds. The van der Waals surface area contributed by atoms with Crippen molar-refractivity contribution in [3.05, 3.63) is 65.9 Å². The number of anilines is 3. The van der Waals surface area contributed by atoms with E-state index < -0.39 is 5.82 Å². The third-order valence-electron chi connectivity index (χ3n) is 5.65. The molecular formula is C23H26FN9O. The summed E-state index contributed by atoms with van der Waals surface area (Å²) in [7, 11) is 0. The minimum absolute atomic E-state index is 0.119. The third-order valence-corrected chi connectivity index (χ3v) is 5.65. The van der Waals surface area contributed by atoms with Gasteiger partial charge in [0.05, 0.1) is 37.0 Å². The number of hydrazine groups is 1. The van der Waals surface area contributed by atoms with Gasteiger partial charge in [-0.1, -0.05) is 12.1 Å². The minimum Gasteiger partial charge on any atom is -0.378 e. The van der Waals surface area contributed by atoms with Crippen molar-refractivity contribution in [1.29, 1.82) is 0 Å². The Balaban J connectivity index is 1.18. The topological polar surface area (TPSA) is 112 Å². The van der Waals surface area contributed by atoms with Crippen LogP contribution in [0.15, 0.2) is 59.0 Å². The minimum atomic E-state index is -0.479. The molecule has 2 saturated heterocycles. The van der Waals surface area contributed by atoms with Crippen LogP contribution in [0.25, 0.3) is 0 Å². The van der Waals surface area contributed by atoms with E-state index in [0.29, 0.717) is 32.3 Å². The number of azo groups is 1. The number of pyridine rings is 1. The molecule has 0 bridgehead atoms. The molecule has 176 valence electrons. The largest absolute Gasteiger partial charge is 0.378 e. The lowest BCUT2D eigenvalue weighted by atomic mass is 10.0. The predicted molar refractivity (Wildman–Crippen MR) is 126 cm³/mol. The maximum atomic E-state index is 14.1. The zero-order chi connectivity index (χ0) is 23.2. The lowest BCUT2D eigenvalue weighted by Crippen LogP contribution is -2.37. The molecule has 2 fully saturated rings. The van der Waals surface area contributed by atoms with Gasteiger partial charge in [0.2, 0.25) is 0 Å². The molecule has 5 rings (SSSR count). The van der Waals surface area contributed by atoms with Gasteiger partial charge in [0.15, 0.2) is 11.6 Å². The summed E-state index contributed by atoms with van der Waals surface area (Å²) >= 11 is 0. The molecule has 4 heterocycles. The Bertz CT molecular complexity index is 1130. The monoisotopic (exact) mass is 463 g/mol. The van der Waals surface area contributed by atoms with Crippen molar-refractivity contribution in [2.24, 2.45) is 10.2 Å². The number of rotatable bonds is 7. The second-order valence-electron chi connectivity index (χ2n) is 8.04. The van der Waals surface area contributed by atoms with Crippen LogP contribution < -0.4 is 21.1 Å². The van der Waals surface area contributed by atoms with E-state index in [1.165, 1.54) is 5.56 Å². The van der Waals surface area contributed by atoms with Gasteiger partial charge in [-0.25, -0.2) is 9.37 Å². The maximum absolute atomic E-state index is 14.1. The number of benzene rings is 1. The van der Waals surface area contributed by atoms with Crippen molar-refractivity contribution in [2.45, 2.75) is 19.0 Å². The Kier molecular flexibility index (Phi) is 6.94. The van der Waals surface area contributed by atoms with Gasteiger partial charge in [0, 0.05) is 31.4 Å². The third kappa shape index (κ3) is 5.50. The van der Waals surface area contributed by atoms with E-state index in [4.69, 9.17) is 4.74 Å². The quantitative estimate of drug-likeness (QED) is 0.457. The number of nitrogens with zero attached hydrogens (tertiary/aromatic N) is 6. The first kappa shape index (κ1) is 22.3. The first-order valence-corrected chi connectivity index (χ1v) is 11.3. The summed E-state index contributed by atoms with van der Waals surface area (Å²) in [4.78, 5) is 14.4. The lowest BCUT2D eigenvalue weighted by Gasteiger charge is -2.27. The Morgan fingerprint density at radius 3 is 2.82 bits per heavy atom. The average molecular weight is 464 g/mol. The number of ether oxygens (including phenoxy) is 1. The highest BCUT2D eigenvalue weighted by Gasteiger charge is 2.18. The standard InChI is InChI=1S/C23H26FN9O/c24-20-15-26-23(30-22(20)33-8-10-34-11-9-33)32-28-14-18-4-5-19(13-25-18)29-17-3-1-2-16(12-17)21-6-7-27-31-21/h1-5,12-13,15,21,27,29,31H,6-11,14H2. The molecule has 1 atom stereocenters. The molecule has 2 aliphatic rings. The first-order valence-electron chi connectivity index (χ1n) is 11.3. The van der Waals surface area contributed by atoms with Crippen molar-refractivity contribution >= 4 is 23.1 Å². The van der Waals surface area contributed by atoms with Crippen LogP contribution in [0.1, 0.15) is 23.7 Å². The van der Waals surface area contributed by atoms with E-state index >= 15 is 0 Å². The van der Waals surface area contributed by atoms with Crippen LogP contribution in [0.3, 0.4) is 0 Å². The normalized spacial score (nSPS) is 18.5. The summed E-state index contributed by atoms with van der Waals surface area (Å²) in [5.41, 5.74) is 10.3. The van der Waals surface area contributed by atoms with Gasteiger partial charge in [0.1, 0.15) is 6.54 Å².